The number of β-amino-alcohol motifs (C(OH)–C–C–N with tert-alkyl or cyclic N) is 1. The summed E-state index contributed by atoms with van der Waals surface area (Å²) in [6.45, 7) is 14.1. The number of hydrogen-bond acceptors (Lipinski definition) is 14. The summed E-state index contributed by atoms with van der Waals surface area (Å²) in [6.07, 6.45) is 1.90. The van der Waals surface area contributed by atoms with E-state index in [2.05, 4.69) is 57.1 Å². The molecular weight excluding hydrogens is 1070 g/mol. The summed E-state index contributed by atoms with van der Waals surface area (Å²) >= 11 is 1.58. The van der Waals surface area contributed by atoms with Crippen LogP contribution in [0.15, 0.2) is 84.6 Å². The van der Waals surface area contributed by atoms with Crippen molar-refractivity contribution < 1.29 is 46.1 Å². The van der Waals surface area contributed by atoms with Crippen LogP contribution in [0.3, 0.4) is 0 Å². The summed E-state index contributed by atoms with van der Waals surface area (Å²) in [5, 5.41) is 29.2. The van der Waals surface area contributed by atoms with Crippen molar-refractivity contribution in [3.05, 3.63) is 108 Å². The number of carbonyl (C=O) groups is 2. The smallest absolute Gasteiger partial charge is 0.301 e. The van der Waals surface area contributed by atoms with Crippen LogP contribution >= 0.6 is 11.3 Å². The van der Waals surface area contributed by atoms with Crippen LogP contribution in [0, 0.1) is 29.9 Å². The number of nitrogens with one attached hydrogen (secondary N) is 4. The van der Waals surface area contributed by atoms with Crippen LogP contribution in [0.4, 0.5) is 24.5 Å². The Hall–Kier alpha value is -6.18. The van der Waals surface area contributed by atoms with Crippen LogP contribution in [0.5, 0.6) is 11.5 Å². The van der Waals surface area contributed by atoms with Crippen molar-refractivity contribution in [2.24, 2.45) is 11.3 Å². The molecule has 3 aromatic carbocycles. The van der Waals surface area contributed by atoms with Gasteiger partial charge in [0.1, 0.15) is 18.0 Å². The maximum absolute atomic E-state index is 15.7. The van der Waals surface area contributed by atoms with E-state index in [4.69, 9.17) is 4.74 Å². The number of nitrogens with zero attached hydrogens (tertiary/aromatic N) is 7. The maximum atomic E-state index is 15.7. The van der Waals surface area contributed by atoms with Gasteiger partial charge in [0.25, 0.3) is 0 Å². The number of aromatic amines is 1. The number of aliphatic hydroxyl groups is 2. The van der Waals surface area contributed by atoms with Gasteiger partial charge in [0.05, 0.1) is 51.9 Å². The zero-order valence-corrected chi connectivity index (χ0v) is 47.0. The summed E-state index contributed by atoms with van der Waals surface area (Å²) in [5.74, 6) is -3.03. The molecule has 0 spiro atoms. The van der Waals surface area contributed by atoms with Gasteiger partial charge in [-0.3, -0.25) is 29.0 Å². The standard InChI is InChI=1S/C57H70F3N11O7S2/c1-35-52(79-34-64-35)39-7-5-36(6-8-39)27-63-55(74)47-26-43(72)32-71(47)56(75)53(57(2,3)4)65-49(73)33-67-18-15-37(16-19-67)30-68-21-23-69(24-22-68)42-11-9-38(10-12-42)40-25-44-48(29-62-54(44)61-28-40)78-51-45(59)13-14-46(50(51)60)66-80(76,77)70-20-17-41(58)31-70/h5-14,25,28-29,34,37,41,43,47,53,56,66,72,75H,15-24,26-27,30-33H2,1-4H3,(H,61,62)(H,63,74)(H,65,73)/t41-,43-,47+,53-,56?/m1/s1. The van der Waals surface area contributed by atoms with E-state index in [-0.39, 0.29) is 56.6 Å². The van der Waals surface area contributed by atoms with Crippen LogP contribution in [-0.2, 0) is 26.3 Å². The second-order valence-corrected chi connectivity index (χ2v) is 25.2. The number of H-pyrrole nitrogens is 1. The molecule has 428 valence electrons. The number of pyridine rings is 1. The third-order valence-electron chi connectivity index (χ3n) is 15.9. The van der Waals surface area contributed by atoms with Crippen molar-refractivity contribution in [1.29, 1.82) is 0 Å². The molecule has 4 aliphatic heterocycles. The second kappa shape index (κ2) is 24.1. The third kappa shape index (κ3) is 13.1. The number of thiazole rings is 1. The predicted molar refractivity (Wildman–Crippen MR) is 302 cm³/mol. The molecule has 3 aromatic heterocycles. The molecule has 4 fully saturated rings. The lowest BCUT2D eigenvalue weighted by molar-refractivity contribution is -0.135. The van der Waals surface area contributed by atoms with Gasteiger partial charge in [-0.05, 0) is 104 Å². The summed E-state index contributed by atoms with van der Waals surface area (Å²) in [5.41, 5.74) is 6.78. The first-order valence-electron chi connectivity index (χ1n) is 27.3. The Morgan fingerprint density at radius 2 is 1.62 bits per heavy atom. The normalized spacial score (nSPS) is 21.0. The van der Waals surface area contributed by atoms with E-state index in [1.54, 1.807) is 28.5 Å². The molecule has 0 radical (unpaired) electrons. The number of halogens is 3. The Balaban J connectivity index is 0.670. The number of fused-ring (bicyclic) bond motifs is 1. The highest BCUT2D eigenvalue weighted by molar-refractivity contribution is 7.90. The molecule has 4 saturated heterocycles. The number of piperidine rings is 1. The van der Waals surface area contributed by atoms with Crippen molar-refractivity contribution in [3.63, 3.8) is 0 Å². The molecule has 6 aromatic rings. The SMILES string of the molecule is Cc1ncsc1-c1ccc(CNC(=O)[C@@H]2C[C@@H](O)CN2C(O)[C@@H](NC(=O)CN2CCC(CN3CCN(c4ccc(-c5cnc6[nH]cc(Oc7c(F)ccc(NS(=O)(=O)N8CC[C@@H](F)C8)c7F)c6c5)cc4)CC3)CC2)C(C)(C)C)cc1. The summed E-state index contributed by atoms with van der Waals surface area (Å²) in [7, 11) is -4.30. The molecule has 0 aliphatic carbocycles. The molecule has 1 unspecified atom stereocenters. The highest BCUT2D eigenvalue weighted by Crippen LogP contribution is 2.38. The van der Waals surface area contributed by atoms with E-state index >= 15 is 8.78 Å². The number of aliphatic hydroxyl groups excluding tert-OH is 2. The van der Waals surface area contributed by atoms with Gasteiger partial charge in [-0.25, -0.2) is 23.1 Å². The number of amides is 2. The fourth-order valence-electron chi connectivity index (χ4n) is 11.3. The quantitative estimate of drug-likeness (QED) is 0.0520. The number of likely N-dealkylation sites (tertiary alicyclic amines) is 2. The van der Waals surface area contributed by atoms with Crippen molar-refractivity contribution in [3.8, 4) is 33.1 Å². The number of hydrogen-bond donors (Lipinski definition) is 6. The van der Waals surface area contributed by atoms with Crippen LogP contribution < -0.4 is 25.0 Å². The number of rotatable bonds is 18. The monoisotopic (exact) mass is 1140 g/mol. The number of ether oxygens (including phenoxy) is 1. The van der Waals surface area contributed by atoms with Crippen molar-refractivity contribution in [1.82, 2.24) is 44.6 Å². The minimum atomic E-state index is -4.30. The average Bonchev–Trinajstić information content (AvgIpc) is 4.27. The molecule has 5 atom stereocenters. The van der Waals surface area contributed by atoms with E-state index < -0.39 is 69.3 Å². The molecule has 10 rings (SSSR count). The van der Waals surface area contributed by atoms with E-state index in [0.29, 0.717) is 23.5 Å². The number of aryl methyl sites for hydroxylation is 1. The molecule has 23 heteroatoms. The first-order valence-corrected chi connectivity index (χ1v) is 29.6. The second-order valence-electron chi connectivity index (χ2n) is 22.6. The Kier molecular flexibility index (Phi) is 17.2. The molecule has 7 heterocycles. The van der Waals surface area contributed by atoms with E-state index in [1.807, 2.05) is 69.6 Å². The molecule has 0 bridgehead atoms. The van der Waals surface area contributed by atoms with Gasteiger partial charge in [-0.1, -0.05) is 57.2 Å². The Bertz CT molecular complexity index is 3260. The van der Waals surface area contributed by atoms with E-state index in [1.165, 1.54) is 6.20 Å². The molecule has 0 saturated carbocycles. The van der Waals surface area contributed by atoms with Gasteiger partial charge in [-0.15, -0.1) is 11.3 Å². The summed E-state index contributed by atoms with van der Waals surface area (Å²) in [6, 6.07) is 18.3. The fourth-order valence-corrected chi connectivity index (χ4v) is 13.4. The van der Waals surface area contributed by atoms with Gasteiger partial charge in [0.15, 0.2) is 17.4 Å². The predicted octanol–water partition coefficient (Wildman–Crippen LogP) is 6.87. The number of carbonyl (C=O) groups excluding carboxylic acids is 2. The molecule has 2 amide bonds. The van der Waals surface area contributed by atoms with E-state index in [9.17, 15) is 32.6 Å². The maximum Gasteiger partial charge on any atom is 0.301 e. The number of aromatic nitrogens is 3. The minimum absolute atomic E-state index is 0.0285. The largest absolute Gasteiger partial charge is 0.449 e. The fraction of sp³-hybridized carbons (Fsp3) is 0.474. The van der Waals surface area contributed by atoms with Gasteiger partial charge < -0.3 is 35.5 Å². The van der Waals surface area contributed by atoms with Gasteiger partial charge >= 0.3 is 10.2 Å². The van der Waals surface area contributed by atoms with Gasteiger partial charge in [0, 0.05) is 82.5 Å². The zero-order valence-electron chi connectivity index (χ0n) is 45.4. The first kappa shape index (κ1) is 57.1. The molecule has 80 heavy (non-hydrogen) atoms. The highest BCUT2D eigenvalue weighted by atomic mass is 32.2. The Labute approximate surface area is 468 Å². The minimum Gasteiger partial charge on any atom is -0.449 e. The Morgan fingerprint density at radius 3 is 2.30 bits per heavy atom. The van der Waals surface area contributed by atoms with Crippen LogP contribution in [0.2, 0.25) is 0 Å². The van der Waals surface area contributed by atoms with Crippen LogP contribution in [0.25, 0.3) is 32.6 Å². The molecule has 18 nitrogen and oxygen atoms in total. The number of benzene rings is 3. The summed E-state index contributed by atoms with van der Waals surface area (Å²) in [4.78, 5) is 48.9. The van der Waals surface area contributed by atoms with Crippen molar-refractivity contribution in [2.45, 2.75) is 90.5 Å². The lowest BCUT2D eigenvalue weighted by Crippen LogP contribution is -2.61. The lowest BCUT2D eigenvalue weighted by atomic mass is 9.84. The average molecular weight is 1140 g/mol. The number of alkyl halides is 1. The van der Waals surface area contributed by atoms with Crippen molar-refractivity contribution in [2.75, 3.05) is 81.6 Å². The number of anilines is 2. The van der Waals surface area contributed by atoms with Gasteiger partial charge in [-0.2, -0.15) is 12.7 Å². The lowest BCUT2D eigenvalue weighted by Gasteiger charge is -2.41. The topological polar surface area (TPSA) is 212 Å². The molecular formula is C57H70F3N11O7S2. The van der Waals surface area contributed by atoms with Crippen LogP contribution in [0.1, 0.15) is 57.7 Å². The van der Waals surface area contributed by atoms with Crippen LogP contribution in [-0.4, -0.2) is 167 Å². The summed E-state index contributed by atoms with van der Waals surface area (Å²) < 4.78 is 78.8. The highest BCUT2D eigenvalue weighted by Gasteiger charge is 2.45. The van der Waals surface area contributed by atoms with Gasteiger partial charge in [0.2, 0.25) is 17.6 Å². The zero-order chi connectivity index (χ0) is 56.5. The molecule has 6 N–H and O–H groups in total. The first-order chi connectivity index (χ1) is 38.3. The Morgan fingerprint density at radius 1 is 0.900 bits per heavy atom. The third-order valence-corrected chi connectivity index (χ3v) is 18.4. The van der Waals surface area contributed by atoms with E-state index in [0.717, 1.165) is 114 Å². The van der Waals surface area contributed by atoms with Crippen molar-refractivity contribution >= 4 is 55.8 Å². The molecule has 4 aliphatic rings. The number of piperazine rings is 1.